The first-order valence-corrected chi connectivity index (χ1v) is 6.68. The lowest BCUT2D eigenvalue weighted by atomic mass is 10.2. The number of carbonyl (C=O) groups excluding carboxylic acids is 1. The maximum Gasteiger partial charge on any atom is 0.253 e. The molecule has 0 aliphatic heterocycles. The fraction of sp³-hybridized carbons (Fsp3) is 0.0833. The highest BCUT2D eigenvalue weighted by Gasteiger charge is 2.07. The highest BCUT2D eigenvalue weighted by molar-refractivity contribution is 7.09. The molecule has 3 aromatic rings. The fourth-order valence-electron chi connectivity index (χ4n) is 1.59. The average Bonchev–Trinajstić information content (AvgIpc) is 3.18. The molecule has 20 heavy (non-hydrogen) atoms. The van der Waals surface area contributed by atoms with Crippen LogP contribution in [0.25, 0.3) is 5.82 Å². The van der Waals surface area contributed by atoms with Gasteiger partial charge in [0.15, 0.2) is 0 Å². The topological polar surface area (TPSA) is 85.6 Å². The van der Waals surface area contributed by atoms with Gasteiger partial charge in [0, 0.05) is 17.8 Å². The van der Waals surface area contributed by atoms with Gasteiger partial charge in [-0.2, -0.15) is 0 Å². The van der Waals surface area contributed by atoms with E-state index in [0.717, 1.165) is 5.01 Å². The van der Waals surface area contributed by atoms with Gasteiger partial charge in [-0.3, -0.25) is 9.36 Å². The Balaban J connectivity index is 1.66. The Morgan fingerprint density at radius 3 is 2.75 bits per heavy atom. The lowest BCUT2D eigenvalue weighted by molar-refractivity contribution is 0.0950. The molecule has 1 amide bonds. The first-order chi connectivity index (χ1) is 9.83. The van der Waals surface area contributed by atoms with Crippen molar-refractivity contribution in [2.24, 2.45) is 0 Å². The Bertz CT molecular complexity index is 677. The van der Waals surface area contributed by atoms with Crippen molar-refractivity contribution in [2.45, 2.75) is 6.54 Å². The van der Waals surface area contributed by atoms with E-state index in [9.17, 15) is 4.79 Å². The molecule has 100 valence electrons. The Hall–Kier alpha value is -2.61. The van der Waals surface area contributed by atoms with Crippen molar-refractivity contribution >= 4 is 17.2 Å². The van der Waals surface area contributed by atoms with Crippen molar-refractivity contribution in [2.75, 3.05) is 0 Å². The first kappa shape index (κ1) is 12.4. The number of rotatable bonds is 4. The SMILES string of the molecule is O=C(NCc1nccs1)c1ccc(-n2cnnc2)nc1. The Labute approximate surface area is 118 Å². The van der Waals surface area contributed by atoms with Crippen LogP contribution in [0.15, 0.2) is 42.6 Å². The van der Waals surface area contributed by atoms with Crippen molar-refractivity contribution in [3.05, 3.63) is 53.1 Å². The summed E-state index contributed by atoms with van der Waals surface area (Å²) < 4.78 is 1.66. The summed E-state index contributed by atoms with van der Waals surface area (Å²) in [6.07, 6.45) is 6.32. The number of pyridine rings is 1. The van der Waals surface area contributed by atoms with Crippen LogP contribution in [0.2, 0.25) is 0 Å². The zero-order valence-corrected chi connectivity index (χ0v) is 11.1. The van der Waals surface area contributed by atoms with E-state index in [2.05, 4.69) is 25.5 Å². The lowest BCUT2D eigenvalue weighted by Crippen LogP contribution is -2.22. The molecule has 0 aliphatic rings. The maximum atomic E-state index is 11.9. The van der Waals surface area contributed by atoms with Crippen molar-refractivity contribution in [3.8, 4) is 5.82 Å². The monoisotopic (exact) mass is 286 g/mol. The molecule has 0 bridgehead atoms. The van der Waals surface area contributed by atoms with E-state index in [0.29, 0.717) is 17.9 Å². The van der Waals surface area contributed by atoms with E-state index in [-0.39, 0.29) is 5.91 Å². The number of nitrogens with zero attached hydrogens (tertiary/aromatic N) is 5. The minimum absolute atomic E-state index is 0.178. The van der Waals surface area contributed by atoms with Crippen LogP contribution in [0.3, 0.4) is 0 Å². The Morgan fingerprint density at radius 2 is 2.10 bits per heavy atom. The van der Waals surface area contributed by atoms with Crippen LogP contribution in [0.4, 0.5) is 0 Å². The van der Waals surface area contributed by atoms with E-state index in [4.69, 9.17) is 0 Å². The third-order valence-corrected chi connectivity index (χ3v) is 3.36. The number of hydrogen-bond acceptors (Lipinski definition) is 6. The van der Waals surface area contributed by atoms with E-state index in [1.54, 1.807) is 35.6 Å². The first-order valence-electron chi connectivity index (χ1n) is 5.80. The molecule has 0 radical (unpaired) electrons. The molecule has 0 spiro atoms. The van der Waals surface area contributed by atoms with Gasteiger partial charge in [-0.1, -0.05) is 0 Å². The summed E-state index contributed by atoms with van der Waals surface area (Å²) in [5, 5.41) is 12.9. The molecule has 0 saturated heterocycles. The van der Waals surface area contributed by atoms with Crippen LogP contribution >= 0.6 is 11.3 Å². The second kappa shape index (κ2) is 5.57. The lowest BCUT2D eigenvalue weighted by Gasteiger charge is -2.04. The van der Waals surface area contributed by atoms with Crippen LogP contribution < -0.4 is 5.32 Å². The van der Waals surface area contributed by atoms with Crippen molar-refractivity contribution < 1.29 is 4.79 Å². The van der Waals surface area contributed by atoms with Gasteiger partial charge in [0.2, 0.25) is 0 Å². The van der Waals surface area contributed by atoms with E-state index < -0.39 is 0 Å². The van der Waals surface area contributed by atoms with Gasteiger partial charge in [0.25, 0.3) is 5.91 Å². The molecule has 0 fully saturated rings. The molecule has 0 saturated carbocycles. The van der Waals surface area contributed by atoms with Crippen LogP contribution in [0, 0.1) is 0 Å². The van der Waals surface area contributed by atoms with Crippen molar-refractivity contribution in [3.63, 3.8) is 0 Å². The standard InChI is InChI=1S/C12H10N6OS/c19-12(15-6-11-13-3-4-20-11)9-1-2-10(14-5-9)18-7-16-17-8-18/h1-5,7-8H,6H2,(H,15,19). The summed E-state index contributed by atoms with van der Waals surface area (Å²) in [4.78, 5) is 20.2. The summed E-state index contributed by atoms with van der Waals surface area (Å²) in [6.45, 7) is 0.420. The molecule has 8 heteroatoms. The van der Waals surface area contributed by atoms with Crippen LogP contribution in [0.5, 0.6) is 0 Å². The predicted octanol–water partition coefficient (Wildman–Crippen LogP) is 1.05. The van der Waals surface area contributed by atoms with Crippen LogP contribution in [-0.2, 0) is 6.54 Å². The van der Waals surface area contributed by atoms with Gasteiger partial charge in [-0.05, 0) is 12.1 Å². The summed E-state index contributed by atoms with van der Waals surface area (Å²) in [5.41, 5.74) is 0.499. The van der Waals surface area contributed by atoms with Crippen LogP contribution in [0.1, 0.15) is 15.4 Å². The number of nitrogens with one attached hydrogen (secondary N) is 1. The summed E-state index contributed by atoms with van der Waals surface area (Å²) in [7, 11) is 0. The van der Waals surface area contributed by atoms with Gasteiger partial charge < -0.3 is 5.32 Å². The second-order valence-electron chi connectivity index (χ2n) is 3.88. The van der Waals surface area contributed by atoms with E-state index in [1.807, 2.05) is 5.38 Å². The summed E-state index contributed by atoms with van der Waals surface area (Å²) in [5.74, 6) is 0.481. The third-order valence-electron chi connectivity index (χ3n) is 2.58. The Kier molecular flexibility index (Phi) is 3.46. The largest absolute Gasteiger partial charge is 0.345 e. The molecular formula is C12H10N6OS. The average molecular weight is 286 g/mol. The summed E-state index contributed by atoms with van der Waals surface area (Å²) in [6, 6.07) is 3.45. The maximum absolute atomic E-state index is 11.9. The fourth-order valence-corrected chi connectivity index (χ4v) is 2.15. The quantitative estimate of drug-likeness (QED) is 0.774. The van der Waals surface area contributed by atoms with Gasteiger partial charge in [-0.15, -0.1) is 21.5 Å². The predicted molar refractivity (Wildman–Crippen MR) is 72.4 cm³/mol. The highest BCUT2D eigenvalue weighted by atomic mass is 32.1. The second-order valence-corrected chi connectivity index (χ2v) is 4.86. The highest BCUT2D eigenvalue weighted by Crippen LogP contribution is 2.06. The Morgan fingerprint density at radius 1 is 1.25 bits per heavy atom. The van der Waals surface area contributed by atoms with E-state index in [1.165, 1.54) is 17.5 Å². The molecule has 0 aliphatic carbocycles. The molecule has 3 rings (SSSR count). The van der Waals surface area contributed by atoms with Crippen molar-refractivity contribution in [1.82, 2.24) is 30.0 Å². The van der Waals surface area contributed by atoms with Gasteiger partial charge >= 0.3 is 0 Å². The van der Waals surface area contributed by atoms with Crippen LogP contribution in [-0.4, -0.2) is 30.6 Å². The van der Waals surface area contributed by atoms with E-state index >= 15 is 0 Å². The molecule has 0 aromatic carbocycles. The molecule has 3 aromatic heterocycles. The number of hydrogen-bond donors (Lipinski definition) is 1. The van der Waals surface area contributed by atoms with Gasteiger partial charge in [0.1, 0.15) is 23.5 Å². The number of thiazole rings is 1. The van der Waals surface area contributed by atoms with Crippen molar-refractivity contribution in [1.29, 1.82) is 0 Å². The molecule has 1 N–H and O–H groups in total. The minimum atomic E-state index is -0.178. The van der Waals surface area contributed by atoms with Gasteiger partial charge in [0.05, 0.1) is 12.1 Å². The minimum Gasteiger partial charge on any atom is -0.345 e. The number of aromatic nitrogens is 5. The molecule has 3 heterocycles. The number of amides is 1. The smallest absolute Gasteiger partial charge is 0.253 e. The normalized spacial score (nSPS) is 10.4. The zero-order chi connectivity index (χ0) is 13.8. The molecule has 0 atom stereocenters. The number of carbonyl (C=O) groups is 1. The third kappa shape index (κ3) is 2.69. The molecular weight excluding hydrogens is 276 g/mol. The zero-order valence-electron chi connectivity index (χ0n) is 10.3. The molecule has 0 unspecified atom stereocenters. The van der Waals surface area contributed by atoms with Gasteiger partial charge in [-0.25, -0.2) is 9.97 Å². The molecule has 7 nitrogen and oxygen atoms in total. The summed E-state index contributed by atoms with van der Waals surface area (Å²) >= 11 is 1.50.